The van der Waals surface area contributed by atoms with Gasteiger partial charge in [0.25, 0.3) is 0 Å². The number of anilines is 3. The second-order valence-corrected chi connectivity index (χ2v) is 8.79. The normalized spacial score (nSPS) is 17.0. The van der Waals surface area contributed by atoms with E-state index in [2.05, 4.69) is 27.6 Å². The van der Waals surface area contributed by atoms with Gasteiger partial charge in [-0.25, -0.2) is 0 Å². The van der Waals surface area contributed by atoms with Crippen LogP contribution in [-0.4, -0.2) is 55.3 Å². The molecule has 1 atom stereocenters. The number of nitrogens with zero attached hydrogens (tertiary/aromatic N) is 4. The molecule has 0 amide bonds. The lowest BCUT2D eigenvalue weighted by atomic mass is 10.0. The van der Waals surface area contributed by atoms with Crippen molar-refractivity contribution in [2.24, 2.45) is 0 Å². The molecule has 0 bridgehead atoms. The van der Waals surface area contributed by atoms with E-state index in [0.717, 1.165) is 31.1 Å². The smallest absolute Gasteiger partial charge is 0.335 e. The van der Waals surface area contributed by atoms with Crippen molar-refractivity contribution in [3.8, 4) is 5.75 Å². The Kier molecular flexibility index (Phi) is 8.28. The highest BCUT2D eigenvalue weighted by Crippen LogP contribution is 2.32. The summed E-state index contributed by atoms with van der Waals surface area (Å²) >= 11 is 6.27. The second-order valence-electron chi connectivity index (χ2n) is 8.39. The third kappa shape index (κ3) is 5.96. The van der Waals surface area contributed by atoms with E-state index in [1.165, 1.54) is 38.5 Å². The third-order valence-corrected chi connectivity index (χ3v) is 6.48. The number of aromatic nitrogens is 3. The van der Waals surface area contributed by atoms with Crippen molar-refractivity contribution in [3.05, 3.63) is 23.2 Å². The van der Waals surface area contributed by atoms with Crippen LogP contribution in [-0.2, 0) is 0 Å². The summed E-state index contributed by atoms with van der Waals surface area (Å²) in [5.41, 5.74) is 6.89. The summed E-state index contributed by atoms with van der Waals surface area (Å²) in [5, 5.41) is 7.00. The van der Waals surface area contributed by atoms with Crippen molar-refractivity contribution in [2.75, 3.05) is 45.3 Å². The Hall–Kier alpha value is -2.16. The van der Waals surface area contributed by atoms with Crippen LogP contribution in [0.1, 0.15) is 44.9 Å². The molecule has 4 N–H and O–H groups in total. The lowest BCUT2D eigenvalue weighted by molar-refractivity contribution is 0.207. The van der Waals surface area contributed by atoms with Crippen molar-refractivity contribution >= 4 is 35.1 Å². The monoisotopic (exact) mass is 448 g/mol. The fourth-order valence-corrected chi connectivity index (χ4v) is 4.65. The first-order valence-corrected chi connectivity index (χ1v) is 11.5. The molecule has 170 valence electrons. The molecule has 8 nitrogen and oxygen atoms in total. The fraction of sp³-hybridized carbons (Fsp3) is 0.591. The van der Waals surface area contributed by atoms with Crippen LogP contribution < -0.4 is 25.6 Å². The largest absolute Gasteiger partial charge is 0.495 e. The number of quaternary nitrogens is 1. The van der Waals surface area contributed by atoms with Gasteiger partial charge in [0, 0.05) is 18.7 Å². The number of benzene rings is 1. The topological polar surface area (TPSA) is 98.0 Å². The highest BCUT2D eigenvalue weighted by molar-refractivity contribution is 6.32. The van der Waals surface area contributed by atoms with Gasteiger partial charge in [0.2, 0.25) is 11.9 Å². The summed E-state index contributed by atoms with van der Waals surface area (Å²) in [7, 11) is 5.82. The Bertz CT molecular complexity index is 858. The predicted molar refractivity (Wildman–Crippen MR) is 128 cm³/mol. The van der Waals surface area contributed by atoms with E-state index in [0.29, 0.717) is 27.2 Å². The molecule has 31 heavy (non-hydrogen) atoms. The van der Waals surface area contributed by atoms with Gasteiger partial charge in [0.15, 0.2) is 0 Å². The lowest BCUT2D eigenvalue weighted by Gasteiger charge is -2.39. The van der Waals surface area contributed by atoms with Crippen LogP contribution in [0.25, 0.3) is 0 Å². The maximum Gasteiger partial charge on any atom is 0.335 e. The van der Waals surface area contributed by atoms with Crippen molar-refractivity contribution in [1.29, 1.82) is 0 Å². The average molecular weight is 449 g/mol. The molecular weight excluding hydrogens is 414 g/mol. The molecule has 1 aromatic carbocycles. The second kappa shape index (κ2) is 10.9. The quantitative estimate of drug-likeness (QED) is 0.301. The lowest BCUT2D eigenvalue weighted by Crippen LogP contribution is -2.55. The molecule has 0 aliphatic heterocycles. The minimum atomic E-state index is 0.221. The van der Waals surface area contributed by atoms with Gasteiger partial charge in [-0.3, -0.25) is 4.48 Å². The minimum absolute atomic E-state index is 0.221. The van der Waals surface area contributed by atoms with Crippen LogP contribution in [0.2, 0.25) is 5.02 Å². The SMILES string of the molecule is CNCCC[N+](C)(c1nc(N)nc(Nc2ccc(OC)c(Cl)c2)n1)C1CCCCCC1. The summed E-state index contributed by atoms with van der Waals surface area (Å²) in [6.07, 6.45) is 8.50. The van der Waals surface area contributed by atoms with Crippen molar-refractivity contribution in [1.82, 2.24) is 24.8 Å². The number of halogens is 1. The number of rotatable bonds is 9. The molecule has 0 saturated heterocycles. The van der Waals surface area contributed by atoms with Gasteiger partial charge >= 0.3 is 5.95 Å². The van der Waals surface area contributed by atoms with E-state index >= 15 is 0 Å². The minimum Gasteiger partial charge on any atom is -0.495 e. The first-order valence-electron chi connectivity index (χ1n) is 11.1. The van der Waals surface area contributed by atoms with Crippen molar-refractivity contribution < 1.29 is 4.74 Å². The summed E-state index contributed by atoms with van der Waals surface area (Å²) in [5.74, 6) is 1.98. The van der Waals surface area contributed by atoms with Gasteiger partial charge in [-0.15, -0.1) is 9.97 Å². The first kappa shape index (κ1) is 23.5. The molecule has 0 spiro atoms. The Morgan fingerprint density at radius 3 is 2.55 bits per heavy atom. The van der Waals surface area contributed by atoms with Gasteiger partial charge in [-0.05, 0) is 50.9 Å². The number of nitrogen functional groups attached to an aromatic ring is 1. The van der Waals surface area contributed by atoms with E-state index in [9.17, 15) is 0 Å². The summed E-state index contributed by atoms with van der Waals surface area (Å²) in [6.45, 7) is 1.90. The standard InChI is InChI=1S/C22H35ClN7O/c1-25-13-8-14-30(2,17-9-6-4-5-7-10-17)22-28-20(24)27-21(29-22)26-16-11-12-19(31-3)18(23)15-16/h11-12,15,17,25H,4-10,13-14H2,1-3H3,(H3,24,26,27,28,29)/q+1. The molecule has 0 radical (unpaired) electrons. The predicted octanol–water partition coefficient (Wildman–Crippen LogP) is 4.13. The van der Waals surface area contributed by atoms with Crippen LogP contribution in [0.4, 0.5) is 23.5 Å². The highest BCUT2D eigenvalue weighted by Gasteiger charge is 2.38. The molecule has 3 rings (SSSR count). The van der Waals surface area contributed by atoms with Crippen molar-refractivity contribution in [2.45, 2.75) is 51.0 Å². The van der Waals surface area contributed by atoms with Crippen LogP contribution in [0.3, 0.4) is 0 Å². The fourth-order valence-electron chi connectivity index (χ4n) is 4.40. The van der Waals surface area contributed by atoms with E-state index in [1.807, 2.05) is 13.1 Å². The molecule has 1 saturated carbocycles. The zero-order valence-corrected chi connectivity index (χ0v) is 19.6. The summed E-state index contributed by atoms with van der Waals surface area (Å²) in [4.78, 5) is 13.7. The van der Waals surface area contributed by atoms with Crippen molar-refractivity contribution in [3.63, 3.8) is 0 Å². The molecule has 1 aromatic heterocycles. The zero-order chi connectivity index (χ0) is 22.3. The molecule has 2 aromatic rings. The van der Waals surface area contributed by atoms with Gasteiger partial charge in [-0.2, -0.15) is 4.98 Å². The molecule has 9 heteroatoms. The van der Waals surface area contributed by atoms with E-state index in [-0.39, 0.29) is 5.95 Å². The Labute approximate surface area is 190 Å². The molecule has 1 fully saturated rings. The van der Waals surface area contributed by atoms with Crippen LogP contribution >= 0.6 is 11.6 Å². The van der Waals surface area contributed by atoms with E-state index in [1.54, 1.807) is 19.2 Å². The molecule has 1 aliphatic carbocycles. The summed E-state index contributed by atoms with van der Waals surface area (Å²) in [6, 6.07) is 5.94. The van der Waals surface area contributed by atoms with Gasteiger partial charge in [0.1, 0.15) is 5.75 Å². The Balaban J connectivity index is 1.91. The Morgan fingerprint density at radius 2 is 1.90 bits per heavy atom. The molecule has 1 unspecified atom stereocenters. The number of nitrogens with one attached hydrogen (secondary N) is 2. The van der Waals surface area contributed by atoms with Crippen LogP contribution in [0.15, 0.2) is 18.2 Å². The zero-order valence-electron chi connectivity index (χ0n) is 18.8. The number of hydrogen-bond acceptors (Lipinski definition) is 7. The molecular formula is C22H35ClN7O+. The average Bonchev–Trinajstić information content (AvgIpc) is 3.03. The van der Waals surface area contributed by atoms with Gasteiger partial charge in [-0.1, -0.05) is 24.4 Å². The van der Waals surface area contributed by atoms with Crippen LogP contribution in [0.5, 0.6) is 5.75 Å². The maximum atomic E-state index is 6.27. The van der Waals surface area contributed by atoms with Gasteiger partial charge < -0.3 is 21.1 Å². The maximum absolute atomic E-state index is 6.27. The van der Waals surface area contributed by atoms with Gasteiger partial charge in [0.05, 0.1) is 31.8 Å². The first-order chi connectivity index (χ1) is 15.0. The van der Waals surface area contributed by atoms with E-state index < -0.39 is 0 Å². The third-order valence-electron chi connectivity index (χ3n) is 6.19. The molecule has 1 heterocycles. The highest BCUT2D eigenvalue weighted by atomic mass is 35.5. The number of nitrogens with two attached hydrogens (primary N) is 1. The summed E-state index contributed by atoms with van der Waals surface area (Å²) < 4.78 is 5.90. The number of ether oxygens (including phenoxy) is 1. The number of hydrogen-bond donors (Lipinski definition) is 3. The Morgan fingerprint density at radius 1 is 1.16 bits per heavy atom. The van der Waals surface area contributed by atoms with Crippen LogP contribution in [0, 0.1) is 0 Å². The number of methoxy groups -OCH3 is 1. The van der Waals surface area contributed by atoms with E-state index in [4.69, 9.17) is 27.1 Å². The molecule has 1 aliphatic rings.